The first kappa shape index (κ1) is 14.6. The Balaban J connectivity index is 2.93. The van der Waals surface area contributed by atoms with Crippen molar-refractivity contribution >= 4 is 29.0 Å². The maximum absolute atomic E-state index is 5.99. The normalized spacial score (nSPS) is 10.9. The summed E-state index contributed by atoms with van der Waals surface area (Å²) in [4.78, 5) is 6.50. The molecular weight excluding hydrogens is 259 g/mol. The van der Waals surface area contributed by atoms with Crippen molar-refractivity contribution in [3.8, 4) is 0 Å². The van der Waals surface area contributed by atoms with Gasteiger partial charge in [0.1, 0.15) is 5.82 Å². The molecule has 0 saturated carbocycles. The van der Waals surface area contributed by atoms with Gasteiger partial charge in [-0.3, -0.25) is 0 Å². The Bertz CT molecular complexity index is 358. The summed E-state index contributed by atoms with van der Waals surface area (Å²) in [5.74, 6) is 1.28. The van der Waals surface area contributed by atoms with Gasteiger partial charge >= 0.3 is 0 Å². The Morgan fingerprint density at radius 3 is 2.71 bits per heavy atom. The zero-order valence-electron chi connectivity index (χ0n) is 10.4. The van der Waals surface area contributed by atoms with E-state index in [1.165, 1.54) is 0 Å². The Hall–Kier alpha value is -0.510. The van der Waals surface area contributed by atoms with E-state index < -0.39 is 0 Å². The molecule has 0 aromatic carbocycles. The van der Waals surface area contributed by atoms with Crippen LogP contribution < -0.4 is 4.90 Å². The van der Waals surface area contributed by atoms with Crippen LogP contribution in [-0.4, -0.2) is 31.3 Å². The minimum Gasteiger partial charge on any atom is -0.383 e. The monoisotopic (exact) mass is 276 g/mol. The van der Waals surface area contributed by atoms with Crippen molar-refractivity contribution in [1.82, 2.24) is 4.98 Å². The number of ether oxygens (including phenoxy) is 1. The molecule has 0 aliphatic heterocycles. The SMILES string of the molecule is COCCN(c1cc(CCl)c(Cl)cn1)C(C)C. The highest BCUT2D eigenvalue weighted by Gasteiger charge is 2.13. The van der Waals surface area contributed by atoms with Crippen LogP contribution in [-0.2, 0) is 10.6 Å². The number of methoxy groups -OCH3 is 1. The molecule has 0 aliphatic carbocycles. The molecule has 0 unspecified atom stereocenters. The third-order valence-corrected chi connectivity index (χ3v) is 3.15. The molecule has 96 valence electrons. The lowest BCUT2D eigenvalue weighted by atomic mass is 10.2. The molecule has 0 radical (unpaired) electrons. The molecule has 0 bridgehead atoms. The second-order valence-corrected chi connectivity index (χ2v) is 4.72. The Labute approximate surface area is 113 Å². The first-order chi connectivity index (χ1) is 8.10. The lowest BCUT2D eigenvalue weighted by Crippen LogP contribution is -2.34. The molecule has 0 saturated heterocycles. The van der Waals surface area contributed by atoms with Gasteiger partial charge < -0.3 is 9.64 Å². The molecule has 0 amide bonds. The number of pyridine rings is 1. The number of anilines is 1. The molecular formula is C12H18Cl2N2O. The number of hydrogen-bond donors (Lipinski definition) is 0. The molecule has 17 heavy (non-hydrogen) atoms. The summed E-state index contributed by atoms with van der Waals surface area (Å²) < 4.78 is 5.10. The van der Waals surface area contributed by atoms with Crippen molar-refractivity contribution in [1.29, 1.82) is 0 Å². The van der Waals surface area contributed by atoms with Crippen molar-refractivity contribution in [2.45, 2.75) is 25.8 Å². The Morgan fingerprint density at radius 1 is 1.47 bits per heavy atom. The maximum Gasteiger partial charge on any atom is 0.129 e. The van der Waals surface area contributed by atoms with E-state index in [0.29, 0.717) is 23.6 Å². The fourth-order valence-electron chi connectivity index (χ4n) is 1.55. The van der Waals surface area contributed by atoms with Crippen molar-refractivity contribution in [3.05, 3.63) is 22.8 Å². The second kappa shape index (κ2) is 7.04. The van der Waals surface area contributed by atoms with Crippen molar-refractivity contribution in [2.24, 2.45) is 0 Å². The van der Waals surface area contributed by atoms with Crippen LogP contribution in [0.3, 0.4) is 0 Å². The van der Waals surface area contributed by atoms with Gasteiger partial charge in [0.05, 0.1) is 11.6 Å². The molecule has 1 aromatic rings. The van der Waals surface area contributed by atoms with Gasteiger partial charge in [-0.2, -0.15) is 0 Å². The molecule has 0 atom stereocenters. The van der Waals surface area contributed by atoms with E-state index in [1.54, 1.807) is 13.3 Å². The molecule has 3 nitrogen and oxygen atoms in total. The predicted molar refractivity (Wildman–Crippen MR) is 73.2 cm³/mol. The van der Waals surface area contributed by atoms with Gasteiger partial charge in [0.15, 0.2) is 0 Å². The van der Waals surface area contributed by atoms with E-state index in [-0.39, 0.29) is 0 Å². The highest BCUT2D eigenvalue weighted by Crippen LogP contribution is 2.23. The molecule has 0 aliphatic rings. The maximum atomic E-state index is 5.99. The van der Waals surface area contributed by atoms with E-state index in [0.717, 1.165) is 17.9 Å². The smallest absolute Gasteiger partial charge is 0.129 e. The number of rotatable bonds is 6. The van der Waals surface area contributed by atoms with Crippen molar-refractivity contribution in [3.63, 3.8) is 0 Å². The Morgan fingerprint density at radius 2 is 2.18 bits per heavy atom. The van der Waals surface area contributed by atoms with Crippen LogP contribution in [0.2, 0.25) is 5.02 Å². The lowest BCUT2D eigenvalue weighted by molar-refractivity contribution is 0.203. The first-order valence-electron chi connectivity index (χ1n) is 5.56. The van der Waals surface area contributed by atoms with E-state index in [4.69, 9.17) is 27.9 Å². The predicted octanol–water partition coefficient (Wildman–Crippen LogP) is 3.34. The molecule has 5 heteroatoms. The van der Waals surface area contributed by atoms with E-state index in [1.807, 2.05) is 6.07 Å². The van der Waals surface area contributed by atoms with Gasteiger partial charge in [0.2, 0.25) is 0 Å². The molecule has 1 rings (SSSR count). The van der Waals surface area contributed by atoms with Crippen LogP contribution in [0.4, 0.5) is 5.82 Å². The van der Waals surface area contributed by atoms with Gasteiger partial charge in [-0.15, -0.1) is 11.6 Å². The summed E-state index contributed by atoms with van der Waals surface area (Å²) in [6.07, 6.45) is 1.65. The van der Waals surface area contributed by atoms with Gasteiger partial charge in [0.25, 0.3) is 0 Å². The highest BCUT2D eigenvalue weighted by atomic mass is 35.5. The van der Waals surface area contributed by atoms with Crippen LogP contribution in [0, 0.1) is 0 Å². The summed E-state index contributed by atoms with van der Waals surface area (Å²) in [6, 6.07) is 2.28. The van der Waals surface area contributed by atoms with Crippen molar-refractivity contribution in [2.75, 3.05) is 25.2 Å². The average Bonchev–Trinajstić information content (AvgIpc) is 2.31. The van der Waals surface area contributed by atoms with Crippen LogP contribution in [0.15, 0.2) is 12.3 Å². The van der Waals surface area contributed by atoms with Gasteiger partial charge in [0, 0.05) is 31.8 Å². The topological polar surface area (TPSA) is 25.4 Å². The zero-order valence-corrected chi connectivity index (χ0v) is 11.9. The van der Waals surface area contributed by atoms with Crippen LogP contribution >= 0.6 is 23.2 Å². The van der Waals surface area contributed by atoms with Crippen LogP contribution in [0.5, 0.6) is 0 Å². The second-order valence-electron chi connectivity index (χ2n) is 4.05. The molecule has 1 heterocycles. The zero-order chi connectivity index (χ0) is 12.8. The van der Waals surface area contributed by atoms with E-state index in [9.17, 15) is 0 Å². The molecule has 0 spiro atoms. The minimum atomic E-state index is 0.349. The number of alkyl halides is 1. The summed E-state index contributed by atoms with van der Waals surface area (Å²) in [7, 11) is 1.69. The Kier molecular flexibility index (Phi) is 6.03. The first-order valence-corrected chi connectivity index (χ1v) is 6.47. The fraction of sp³-hybridized carbons (Fsp3) is 0.583. The number of aromatic nitrogens is 1. The number of halogens is 2. The fourth-order valence-corrected chi connectivity index (χ4v) is 2.01. The summed E-state index contributed by atoms with van der Waals surface area (Å²) in [5.41, 5.74) is 0.904. The summed E-state index contributed by atoms with van der Waals surface area (Å²) in [6.45, 7) is 5.70. The summed E-state index contributed by atoms with van der Waals surface area (Å²) >= 11 is 11.8. The van der Waals surface area contributed by atoms with E-state index >= 15 is 0 Å². The quantitative estimate of drug-likeness (QED) is 0.746. The minimum absolute atomic E-state index is 0.349. The molecule has 0 fully saturated rings. The molecule has 0 N–H and O–H groups in total. The third-order valence-electron chi connectivity index (χ3n) is 2.52. The van der Waals surface area contributed by atoms with Crippen LogP contribution in [0.1, 0.15) is 19.4 Å². The van der Waals surface area contributed by atoms with Gasteiger partial charge in [-0.05, 0) is 25.5 Å². The van der Waals surface area contributed by atoms with E-state index in [2.05, 4.69) is 23.7 Å². The van der Waals surface area contributed by atoms with Crippen LogP contribution in [0.25, 0.3) is 0 Å². The van der Waals surface area contributed by atoms with Crippen molar-refractivity contribution < 1.29 is 4.74 Å². The molecule has 1 aromatic heterocycles. The lowest BCUT2D eigenvalue weighted by Gasteiger charge is -2.28. The number of nitrogens with zero attached hydrogens (tertiary/aromatic N) is 2. The van der Waals surface area contributed by atoms with Gasteiger partial charge in [-0.25, -0.2) is 4.98 Å². The average molecular weight is 277 g/mol. The largest absolute Gasteiger partial charge is 0.383 e. The third kappa shape index (κ3) is 4.02. The summed E-state index contributed by atoms with van der Waals surface area (Å²) in [5, 5.41) is 0.610. The standard InChI is InChI=1S/C12H18Cl2N2O/c1-9(2)16(4-5-17-3)12-6-10(7-13)11(14)8-15-12/h6,8-9H,4-5,7H2,1-3H3. The highest BCUT2D eigenvalue weighted by molar-refractivity contribution is 6.32. The number of hydrogen-bond acceptors (Lipinski definition) is 3. The van der Waals surface area contributed by atoms with Gasteiger partial charge in [-0.1, -0.05) is 11.6 Å².